The Morgan fingerprint density at radius 1 is 1.24 bits per heavy atom. The maximum Gasteiger partial charge on any atom is 0.243 e. The number of aliphatic hydroxyl groups is 1. The molecule has 1 saturated heterocycles. The molecule has 21 heavy (non-hydrogen) atoms. The average molecular weight is 381 g/mol. The van der Waals surface area contributed by atoms with Gasteiger partial charge in [-0.05, 0) is 47.1 Å². The van der Waals surface area contributed by atoms with E-state index in [0.717, 1.165) is 12.6 Å². The molecule has 1 aromatic rings. The van der Waals surface area contributed by atoms with Gasteiger partial charge in [0.2, 0.25) is 10.0 Å². The minimum Gasteiger partial charge on any atom is -0.395 e. The molecule has 1 aliphatic heterocycles. The van der Waals surface area contributed by atoms with E-state index in [0.29, 0.717) is 32.6 Å². The quantitative estimate of drug-likeness (QED) is 0.854. The minimum absolute atomic E-state index is 0.0289. The van der Waals surface area contributed by atoms with Crippen LogP contribution in [-0.4, -0.2) is 62.1 Å². The van der Waals surface area contributed by atoms with Crippen molar-refractivity contribution in [3.63, 3.8) is 0 Å². The summed E-state index contributed by atoms with van der Waals surface area (Å²) in [6.07, 6.45) is 0.693. The molecule has 1 N–H and O–H groups in total. The second kappa shape index (κ2) is 7.15. The maximum atomic E-state index is 13.6. The van der Waals surface area contributed by atoms with Crippen LogP contribution in [0.4, 0.5) is 4.39 Å². The molecule has 1 aliphatic rings. The second-order valence-corrected chi connectivity index (χ2v) is 7.69. The first-order valence-electron chi connectivity index (χ1n) is 6.73. The zero-order valence-corrected chi connectivity index (χ0v) is 13.9. The summed E-state index contributed by atoms with van der Waals surface area (Å²) in [5.41, 5.74) is 0. The van der Waals surface area contributed by atoms with Gasteiger partial charge in [0.25, 0.3) is 0 Å². The Morgan fingerprint density at radius 3 is 2.67 bits per heavy atom. The van der Waals surface area contributed by atoms with Gasteiger partial charge in [0.1, 0.15) is 5.82 Å². The van der Waals surface area contributed by atoms with E-state index >= 15 is 0 Å². The molecule has 0 aromatic heterocycles. The van der Waals surface area contributed by atoms with E-state index in [1.165, 1.54) is 16.4 Å². The molecule has 1 heterocycles. The van der Waals surface area contributed by atoms with Gasteiger partial charge >= 0.3 is 0 Å². The van der Waals surface area contributed by atoms with Crippen LogP contribution < -0.4 is 0 Å². The van der Waals surface area contributed by atoms with Crippen molar-refractivity contribution in [1.82, 2.24) is 9.21 Å². The van der Waals surface area contributed by atoms with Crippen molar-refractivity contribution in [1.29, 1.82) is 0 Å². The molecule has 0 bridgehead atoms. The van der Waals surface area contributed by atoms with Crippen molar-refractivity contribution in [3.05, 3.63) is 28.5 Å². The van der Waals surface area contributed by atoms with Crippen LogP contribution in [0.25, 0.3) is 0 Å². The highest BCUT2D eigenvalue weighted by molar-refractivity contribution is 9.10. The summed E-state index contributed by atoms with van der Waals surface area (Å²) in [6, 6.07) is 3.84. The predicted molar refractivity (Wildman–Crippen MR) is 81.0 cm³/mol. The molecule has 118 valence electrons. The molecule has 8 heteroatoms. The lowest BCUT2D eigenvalue weighted by Gasteiger charge is -2.21. The monoisotopic (exact) mass is 380 g/mol. The Labute approximate surface area is 132 Å². The number of β-amino-alcohol motifs (C(OH)–C–C–N with tert-alkyl or cyclic N) is 1. The highest BCUT2D eigenvalue weighted by Crippen LogP contribution is 2.22. The molecular formula is C13H18BrFN2O3S. The smallest absolute Gasteiger partial charge is 0.243 e. The molecule has 5 nitrogen and oxygen atoms in total. The first-order chi connectivity index (χ1) is 9.95. The minimum atomic E-state index is -3.68. The van der Waals surface area contributed by atoms with Gasteiger partial charge in [-0.2, -0.15) is 4.31 Å². The van der Waals surface area contributed by atoms with Gasteiger partial charge in [-0.3, -0.25) is 4.90 Å². The number of nitrogens with zero attached hydrogens (tertiary/aromatic N) is 2. The number of hydrogen-bond donors (Lipinski definition) is 1. The van der Waals surface area contributed by atoms with E-state index in [1.807, 2.05) is 4.90 Å². The van der Waals surface area contributed by atoms with Crippen molar-refractivity contribution < 1.29 is 17.9 Å². The van der Waals surface area contributed by atoms with Crippen molar-refractivity contribution >= 4 is 26.0 Å². The van der Waals surface area contributed by atoms with E-state index in [-0.39, 0.29) is 16.0 Å². The summed E-state index contributed by atoms with van der Waals surface area (Å²) in [5.74, 6) is -0.590. The molecule has 0 saturated carbocycles. The third kappa shape index (κ3) is 4.01. The van der Waals surface area contributed by atoms with Gasteiger partial charge in [0.05, 0.1) is 16.0 Å². The molecule has 2 rings (SSSR count). The number of sulfonamides is 1. The molecule has 0 radical (unpaired) electrons. The normalized spacial score (nSPS) is 18.6. The van der Waals surface area contributed by atoms with Crippen LogP contribution in [0.15, 0.2) is 27.6 Å². The standard InChI is InChI=1S/C13H18BrFN2O3S/c14-12-3-2-11(10-13(12)15)21(19,20)17-5-1-4-16(6-7-17)8-9-18/h2-3,10,18H,1,4-9H2. The topological polar surface area (TPSA) is 60.9 Å². The Bertz CT molecular complexity index is 597. The number of aliphatic hydroxyl groups excluding tert-OH is 1. The zero-order chi connectivity index (χ0) is 15.5. The van der Waals surface area contributed by atoms with E-state index in [1.54, 1.807) is 0 Å². The first-order valence-corrected chi connectivity index (χ1v) is 8.97. The largest absolute Gasteiger partial charge is 0.395 e. The summed E-state index contributed by atoms with van der Waals surface area (Å²) >= 11 is 3.02. The molecule has 0 aliphatic carbocycles. The molecular weight excluding hydrogens is 363 g/mol. The van der Waals surface area contributed by atoms with E-state index in [2.05, 4.69) is 15.9 Å². The molecule has 1 aromatic carbocycles. The van der Waals surface area contributed by atoms with Gasteiger partial charge in [-0.1, -0.05) is 0 Å². The fraction of sp³-hybridized carbons (Fsp3) is 0.538. The lowest BCUT2D eigenvalue weighted by Crippen LogP contribution is -2.36. The molecule has 0 atom stereocenters. The molecule has 0 spiro atoms. The Balaban J connectivity index is 2.17. The molecule has 1 fully saturated rings. The van der Waals surface area contributed by atoms with Gasteiger partial charge < -0.3 is 5.11 Å². The second-order valence-electron chi connectivity index (χ2n) is 4.90. The Morgan fingerprint density at radius 2 is 2.00 bits per heavy atom. The lowest BCUT2D eigenvalue weighted by atomic mass is 10.3. The number of benzene rings is 1. The Kier molecular flexibility index (Phi) is 5.73. The predicted octanol–water partition coefficient (Wildman–Crippen LogP) is 1.28. The number of rotatable bonds is 4. The van der Waals surface area contributed by atoms with Crippen LogP contribution in [-0.2, 0) is 10.0 Å². The average Bonchev–Trinajstić information content (AvgIpc) is 2.68. The molecule has 0 amide bonds. The lowest BCUT2D eigenvalue weighted by molar-refractivity contribution is 0.202. The zero-order valence-electron chi connectivity index (χ0n) is 11.5. The van der Waals surface area contributed by atoms with Gasteiger partial charge in [-0.25, -0.2) is 12.8 Å². The highest BCUT2D eigenvalue weighted by atomic mass is 79.9. The van der Waals surface area contributed by atoms with E-state index < -0.39 is 15.8 Å². The van der Waals surface area contributed by atoms with Crippen LogP contribution in [0.3, 0.4) is 0 Å². The first kappa shape index (κ1) is 16.8. The highest BCUT2D eigenvalue weighted by Gasteiger charge is 2.27. The SMILES string of the molecule is O=S(=O)(c1ccc(Br)c(F)c1)N1CCCN(CCO)CC1. The third-order valence-corrected chi connectivity index (χ3v) is 6.03. The fourth-order valence-electron chi connectivity index (χ4n) is 2.34. The summed E-state index contributed by atoms with van der Waals surface area (Å²) in [4.78, 5) is 2.00. The maximum absolute atomic E-state index is 13.6. The number of hydrogen-bond acceptors (Lipinski definition) is 4. The van der Waals surface area contributed by atoms with Gasteiger partial charge in [-0.15, -0.1) is 0 Å². The summed E-state index contributed by atoms with van der Waals surface area (Å²) in [5, 5.41) is 8.95. The fourth-order valence-corrected chi connectivity index (χ4v) is 4.07. The summed E-state index contributed by atoms with van der Waals surface area (Å²) in [7, 11) is -3.68. The van der Waals surface area contributed by atoms with E-state index in [9.17, 15) is 12.8 Å². The van der Waals surface area contributed by atoms with Crippen LogP contribution >= 0.6 is 15.9 Å². The van der Waals surface area contributed by atoms with Crippen molar-refractivity contribution in [2.24, 2.45) is 0 Å². The third-order valence-electron chi connectivity index (χ3n) is 3.49. The van der Waals surface area contributed by atoms with Crippen LogP contribution in [0.1, 0.15) is 6.42 Å². The molecule has 0 unspecified atom stereocenters. The Hall–Kier alpha value is -0.540. The van der Waals surface area contributed by atoms with Crippen LogP contribution in [0.2, 0.25) is 0 Å². The number of halogens is 2. The van der Waals surface area contributed by atoms with Gasteiger partial charge in [0.15, 0.2) is 0 Å². The van der Waals surface area contributed by atoms with Crippen molar-refractivity contribution in [2.75, 3.05) is 39.3 Å². The van der Waals surface area contributed by atoms with Crippen molar-refractivity contribution in [3.8, 4) is 0 Å². The van der Waals surface area contributed by atoms with Crippen LogP contribution in [0, 0.1) is 5.82 Å². The summed E-state index contributed by atoms with van der Waals surface area (Å²) < 4.78 is 40.3. The van der Waals surface area contributed by atoms with Gasteiger partial charge in [0, 0.05) is 26.2 Å². The van der Waals surface area contributed by atoms with Crippen molar-refractivity contribution in [2.45, 2.75) is 11.3 Å². The summed E-state index contributed by atoms with van der Waals surface area (Å²) in [6.45, 7) is 2.67. The van der Waals surface area contributed by atoms with E-state index in [4.69, 9.17) is 5.11 Å². The van der Waals surface area contributed by atoms with Crippen LogP contribution in [0.5, 0.6) is 0 Å².